The van der Waals surface area contributed by atoms with Crippen LogP contribution in [0.2, 0.25) is 0 Å². The van der Waals surface area contributed by atoms with Crippen molar-refractivity contribution in [3.8, 4) is 0 Å². The molecule has 0 aliphatic heterocycles. The minimum atomic E-state index is 0.804. The number of nitrogens with one attached hydrogen (secondary N) is 2. The lowest BCUT2D eigenvalue weighted by Crippen LogP contribution is -2.32. The second-order valence-corrected chi connectivity index (χ2v) is 1.92. The Labute approximate surface area is 63.1 Å². The summed E-state index contributed by atoms with van der Waals surface area (Å²) in [5.74, 6) is 0.918. The van der Waals surface area contributed by atoms with Gasteiger partial charge in [0.1, 0.15) is 5.84 Å². The van der Waals surface area contributed by atoms with E-state index in [0.29, 0.717) is 0 Å². The van der Waals surface area contributed by atoms with Crippen molar-refractivity contribution in [3.05, 3.63) is 0 Å². The first-order valence-corrected chi connectivity index (χ1v) is 3.83. The minimum Gasteiger partial charge on any atom is -0.310 e. The van der Waals surface area contributed by atoms with E-state index in [2.05, 4.69) is 38.4 Å². The second kappa shape index (κ2) is 5.30. The molecule has 0 aromatic rings. The third-order valence-corrected chi connectivity index (χ3v) is 0.944. The molecule has 3 nitrogen and oxygen atoms in total. The Morgan fingerprint density at radius 3 is 2.75 bits per heavy atom. The zero-order valence-corrected chi connectivity index (χ0v) is 7.19. The average Bonchev–Trinajstić information content (AvgIpc) is 1.68. The number of amidine groups is 1. The summed E-state index contributed by atoms with van der Waals surface area (Å²) in [4.78, 5) is 4.04. The van der Waals surface area contributed by atoms with Gasteiger partial charge in [0, 0.05) is 7.05 Å². The first-order chi connectivity index (χ1) is 3.81. The number of halogens is 1. The van der Waals surface area contributed by atoms with Crippen LogP contribution in [-0.2, 0) is 0 Å². The van der Waals surface area contributed by atoms with Crippen molar-refractivity contribution >= 4 is 28.4 Å². The number of hydrogen-bond donors (Lipinski definition) is 2. The number of nitrogens with zero attached hydrogens (tertiary/aromatic N) is 1. The Bertz CT molecular complexity index is 81.4. The molecule has 0 radical (unpaired) electrons. The summed E-state index contributed by atoms with van der Waals surface area (Å²) in [6.45, 7) is 1.91. The molecule has 0 spiro atoms. The molecule has 0 fully saturated rings. The molecular weight excluding hydrogens is 217 g/mol. The van der Waals surface area contributed by atoms with Crippen LogP contribution in [0.15, 0.2) is 4.99 Å². The van der Waals surface area contributed by atoms with Crippen LogP contribution in [0.25, 0.3) is 0 Å². The van der Waals surface area contributed by atoms with Gasteiger partial charge < -0.3 is 5.43 Å². The van der Waals surface area contributed by atoms with Gasteiger partial charge in [-0.2, -0.15) is 0 Å². The summed E-state index contributed by atoms with van der Waals surface area (Å²) in [7, 11) is 1.81. The lowest BCUT2D eigenvalue weighted by molar-refractivity contribution is 0.763. The zero-order chi connectivity index (χ0) is 6.41. The molecule has 0 unspecified atom stereocenters. The van der Waals surface area contributed by atoms with E-state index in [4.69, 9.17) is 0 Å². The van der Waals surface area contributed by atoms with E-state index in [-0.39, 0.29) is 0 Å². The Balaban J connectivity index is 3.29. The minimum absolute atomic E-state index is 0.804. The van der Waals surface area contributed by atoms with Crippen molar-refractivity contribution in [2.45, 2.75) is 6.92 Å². The number of rotatable bonds is 2. The molecule has 4 heteroatoms. The van der Waals surface area contributed by atoms with Crippen LogP contribution in [0.3, 0.4) is 0 Å². The lowest BCUT2D eigenvalue weighted by atomic mass is 10.7. The molecule has 0 heterocycles. The zero-order valence-electron chi connectivity index (χ0n) is 5.03. The second-order valence-electron chi connectivity index (χ2n) is 1.24. The quantitative estimate of drug-likeness (QED) is 0.180. The van der Waals surface area contributed by atoms with Crippen molar-refractivity contribution in [1.29, 1.82) is 0 Å². The van der Waals surface area contributed by atoms with Gasteiger partial charge in [0.05, 0.1) is 4.55 Å². The molecule has 0 rings (SSSR count). The van der Waals surface area contributed by atoms with Gasteiger partial charge in [-0.05, 0) is 6.92 Å². The predicted molar refractivity (Wildman–Crippen MR) is 44.2 cm³/mol. The van der Waals surface area contributed by atoms with E-state index in [1.165, 1.54) is 0 Å². The third-order valence-electron chi connectivity index (χ3n) is 0.603. The van der Waals surface area contributed by atoms with Gasteiger partial charge in [-0.1, -0.05) is 22.6 Å². The molecule has 48 valence electrons. The van der Waals surface area contributed by atoms with Gasteiger partial charge in [-0.15, -0.1) is 0 Å². The van der Waals surface area contributed by atoms with Crippen LogP contribution in [-0.4, -0.2) is 17.4 Å². The van der Waals surface area contributed by atoms with Crippen LogP contribution in [0.1, 0.15) is 6.92 Å². The van der Waals surface area contributed by atoms with E-state index in [9.17, 15) is 0 Å². The van der Waals surface area contributed by atoms with Gasteiger partial charge in [0.15, 0.2) is 0 Å². The SMILES string of the molecule is CNN/C(C)=N\CI. The molecule has 0 atom stereocenters. The van der Waals surface area contributed by atoms with Crippen molar-refractivity contribution in [2.24, 2.45) is 4.99 Å². The topological polar surface area (TPSA) is 36.4 Å². The molecule has 8 heavy (non-hydrogen) atoms. The van der Waals surface area contributed by atoms with Gasteiger partial charge in [0.2, 0.25) is 0 Å². The van der Waals surface area contributed by atoms with Crippen LogP contribution in [0, 0.1) is 0 Å². The fourth-order valence-electron chi connectivity index (χ4n) is 0.310. The van der Waals surface area contributed by atoms with Crippen LogP contribution >= 0.6 is 22.6 Å². The van der Waals surface area contributed by atoms with Crippen molar-refractivity contribution in [1.82, 2.24) is 10.9 Å². The van der Waals surface area contributed by atoms with Crippen LogP contribution in [0.5, 0.6) is 0 Å². The molecule has 0 aliphatic carbocycles. The molecule has 0 saturated carbocycles. The monoisotopic (exact) mass is 227 g/mol. The molecule has 0 amide bonds. The molecule has 0 saturated heterocycles. The van der Waals surface area contributed by atoms with Gasteiger partial charge in [0.25, 0.3) is 0 Å². The molecule has 0 aromatic heterocycles. The Hall–Kier alpha value is 0.160. The van der Waals surface area contributed by atoms with E-state index >= 15 is 0 Å². The van der Waals surface area contributed by atoms with E-state index < -0.39 is 0 Å². The summed E-state index contributed by atoms with van der Waals surface area (Å²) in [6.07, 6.45) is 0. The molecule has 2 N–H and O–H groups in total. The number of hydrogen-bond acceptors (Lipinski definition) is 2. The van der Waals surface area contributed by atoms with Gasteiger partial charge >= 0.3 is 0 Å². The normalized spacial score (nSPS) is 11.6. The summed E-state index contributed by atoms with van der Waals surface area (Å²) in [5.41, 5.74) is 5.61. The molecule has 0 aromatic carbocycles. The van der Waals surface area contributed by atoms with Crippen LogP contribution in [0.4, 0.5) is 0 Å². The molecule has 0 bridgehead atoms. The summed E-state index contributed by atoms with van der Waals surface area (Å²) in [6, 6.07) is 0. The summed E-state index contributed by atoms with van der Waals surface area (Å²) in [5, 5.41) is 0. The van der Waals surface area contributed by atoms with Crippen molar-refractivity contribution < 1.29 is 0 Å². The fourth-order valence-corrected chi connectivity index (χ4v) is 0.822. The number of aliphatic imine (C=N–C) groups is 1. The average molecular weight is 227 g/mol. The van der Waals surface area contributed by atoms with Crippen molar-refractivity contribution in [3.63, 3.8) is 0 Å². The van der Waals surface area contributed by atoms with Crippen LogP contribution < -0.4 is 10.9 Å². The highest BCUT2D eigenvalue weighted by Crippen LogP contribution is 1.80. The summed E-state index contributed by atoms with van der Waals surface area (Å²) >= 11 is 2.19. The van der Waals surface area contributed by atoms with E-state index in [0.717, 1.165) is 10.4 Å². The van der Waals surface area contributed by atoms with E-state index in [1.807, 2.05) is 14.0 Å². The van der Waals surface area contributed by atoms with Crippen molar-refractivity contribution in [2.75, 3.05) is 11.6 Å². The fraction of sp³-hybridized carbons (Fsp3) is 0.750. The maximum Gasteiger partial charge on any atom is 0.108 e. The van der Waals surface area contributed by atoms with Gasteiger partial charge in [-0.3, -0.25) is 4.99 Å². The largest absolute Gasteiger partial charge is 0.310 e. The Morgan fingerprint density at radius 1 is 1.75 bits per heavy atom. The first-order valence-electron chi connectivity index (χ1n) is 2.31. The Morgan fingerprint density at radius 2 is 2.38 bits per heavy atom. The standard InChI is InChI=1S/C4H10IN3/c1-4(7-3-5)8-6-2/h6H,3H2,1-2H3,(H,7,8). The molecular formula is C4H10IN3. The number of hydrazine groups is 1. The van der Waals surface area contributed by atoms with Gasteiger partial charge in [-0.25, -0.2) is 5.43 Å². The third kappa shape index (κ3) is 4.32. The highest BCUT2D eigenvalue weighted by atomic mass is 127. The summed E-state index contributed by atoms with van der Waals surface area (Å²) < 4.78 is 0.804. The Kier molecular flexibility index (Phi) is 5.41. The molecule has 0 aliphatic rings. The highest BCUT2D eigenvalue weighted by Gasteiger charge is 1.79. The predicted octanol–water partition coefficient (Wildman–Crippen LogP) is 0.521. The highest BCUT2D eigenvalue weighted by molar-refractivity contribution is 14.1. The maximum atomic E-state index is 4.04. The maximum absolute atomic E-state index is 4.04. The number of alkyl halides is 1. The van der Waals surface area contributed by atoms with E-state index in [1.54, 1.807) is 0 Å². The first kappa shape index (κ1) is 8.16. The lowest BCUT2D eigenvalue weighted by Gasteiger charge is -1.99. The smallest absolute Gasteiger partial charge is 0.108 e.